The van der Waals surface area contributed by atoms with Gasteiger partial charge in [-0.2, -0.15) is 0 Å². The van der Waals surface area contributed by atoms with E-state index in [1.54, 1.807) is 0 Å². The van der Waals surface area contributed by atoms with Gasteiger partial charge in [0.15, 0.2) is 0 Å². The Hall–Kier alpha value is -2.12. The van der Waals surface area contributed by atoms with Crippen LogP contribution in [0.3, 0.4) is 0 Å². The minimum absolute atomic E-state index is 0.106. The summed E-state index contributed by atoms with van der Waals surface area (Å²) >= 11 is 0. The van der Waals surface area contributed by atoms with Crippen LogP contribution in [0.15, 0.2) is 24.3 Å². The van der Waals surface area contributed by atoms with Crippen molar-refractivity contribution in [2.75, 3.05) is 26.4 Å². The minimum Gasteiger partial charge on any atom is -0.490 e. The summed E-state index contributed by atoms with van der Waals surface area (Å²) < 4.78 is 36.3. The molecule has 0 spiro atoms. The molecule has 2 aromatic rings. The zero-order chi connectivity index (χ0) is 30.0. The Balaban J connectivity index is 2.17. The van der Waals surface area contributed by atoms with Crippen LogP contribution >= 0.6 is 0 Å². The lowest BCUT2D eigenvalue weighted by molar-refractivity contribution is -0.0742. The molecule has 0 heterocycles. The van der Waals surface area contributed by atoms with Crippen molar-refractivity contribution < 1.29 is 28.4 Å². The molecule has 0 aliphatic carbocycles. The lowest BCUT2D eigenvalue weighted by Gasteiger charge is -2.24. The van der Waals surface area contributed by atoms with Gasteiger partial charge in [0.25, 0.3) is 0 Å². The third-order valence-electron chi connectivity index (χ3n) is 6.24. The van der Waals surface area contributed by atoms with Gasteiger partial charge in [-0.25, -0.2) is 0 Å². The minimum atomic E-state index is -0.124. The van der Waals surface area contributed by atoms with Crippen LogP contribution in [0.2, 0.25) is 0 Å². The molecule has 2 atom stereocenters. The van der Waals surface area contributed by atoms with Gasteiger partial charge in [-0.3, -0.25) is 0 Å². The largest absolute Gasteiger partial charge is 0.490 e. The molecule has 40 heavy (non-hydrogen) atoms. The third-order valence-corrected chi connectivity index (χ3v) is 6.24. The van der Waals surface area contributed by atoms with E-state index in [0.717, 1.165) is 44.9 Å². The van der Waals surface area contributed by atoms with Crippen LogP contribution < -0.4 is 9.47 Å². The lowest BCUT2D eigenvalue weighted by Crippen LogP contribution is -2.31. The number of rotatable bonds is 17. The van der Waals surface area contributed by atoms with Crippen molar-refractivity contribution in [3.05, 3.63) is 46.5 Å². The van der Waals surface area contributed by atoms with Crippen LogP contribution in [0.5, 0.6) is 11.5 Å². The highest BCUT2D eigenvalue weighted by molar-refractivity contribution is 5.70. The number of aryl methyl sites for hydroxylation is 4. The molecule has 0 bridgehead atoms. The molecular formula is C34H54O6. The van der Waals surface area contributed by atoms with Gasteiger partial charge in [0.2, 0.25) is 0 Å². The van der Waals surface area contributed by atoms with Crippen molar-refractivity contribution in [3.8, 4) is 22.6 Å². The highest BCUT2D eigenvalue weighted by Crippen LogP contribution is 2.34. The molecule has 2 aromatic carbocycles. The molecule has 2 rings (SSSR count). The molecule has 0 aliphatic heterocycles. The van der Waals surface area contributed by atoms with Gasteiger partial charge >= 0.3 is 0 Å². The van der Waals surface area contributed by atoms with E-state index >= 15 is 0 Å². The van der Waals surface area contributed by atoms with Crippen molar-refractivity contribution >= 4 is 0 Å². The molecule has 0 amide bonds. The first-order chi connectivity index (χ1) is 18.8. The molecule has 2 unspecified atom stereocenters. The Kier molecular flexibility index (Phi) is 13.9. The smallest absolute Gasteiger partial charge is 0.125 e. The fourth-order valence-corrected chi connectivity index (χ4v) is 4.66. The molecule has 0 aliphatic rings. The lowest BCUT2D eigenvalue weighted by atomic mass is 9.96. The quantitative estimate of drug-likeness (QED) is 0.198. The highest BCUT2D eigenvalue weighted by atomic mass is 16.6. The fourth-order valence-electron chi connectivity index (χ4n) is 4.66. The van der Waals surface area contributed by atoms with Gasteiger partial charge in [-0.15, -0.1) is 0 Å². The zero-order valence-electron chi connectivity index (χ0n) is 27.1. The van der Waals surface area contributed by atoms with Gasteiger partial charge in [0.1, 0.15) is 36.9 Å². The zero-order valence-corrected chi connectivity index (χ0v) is 27.1. The number of ether oxygens (including phenoxy) is 6. The van der Waals surface area contributed by atoms with Gasteiger partial charge < -0.3 is 28.4 Å². The van der Waals surface area contributed by atoms with E-state index in [4.69, 9.17) is 28.4 Å². The molecule has 6 heteroatoms. The Morgan fingerprint density at radius 3 is 1.00 bits per heavy atom. The molecule has 0 fully saturated rings. The first-order valence-electron chi connectivity index (χ1n) is 14.8. The maximum atomic E-state index is 6.29. The number of hydrogen-bond acceptors (Lipinski definition) is 6. The molecule has 0 radical (unpaired) electrons. The first-order valence-corrected chi connectivity index (χ1v) is 14.8. The summed E-state index contributed by atoms with van der Waals surface area (Å²) in [6.07, 6.45) is 0.267. The van der Waals surface area contributed by atoms with Crippen LogP contribution in [-0.2, 0) is 18.9 Å². The van der Waals surface area contributed by atoms with Gasteiger partial charge in [-0.05, 0) is 141 Å². The van der Waals surface area contributed by atoms with Crippen molar-refractivity contribution in [1.29, 1.82) is 0 Å². The monoisotopic (exact) mass is 558 g/mol. The van der Waals surface area contributed by atoms with E-state index in [-0.39, 0.29) is 36.6 Å². The maximum Gasteiger partial charge on any atom is 0.125 e. The molecule has 0 saturated heterocycles. The van der Waals surface area contributed by atoms with Gasteiger partial charge in [0.05, 0.1) is 37.6 Å². The molecule has 0 N–H and O–H groups in total. The van der Waals surface area contributed by atoms with Crippen LogP contribution in [0.1, 0.15) is 77.6 Å². The average molecular weight is 559 g/mol. The summed E-state index contributed by atoms with van der Waals surface area (Å²) in [6, 6.07) is 8.76. The van der Waals surface area contributed by atoms with Crippen LogP contribution in [0, 0.1) is 27.7 Å². The van der Waals surface area contributed by atoms with Gasteiger partial charge in [0, 0.05) is 0 Å². The molecule has 0 aromatic heterocycles. The second kappa shape index (κ2) is 16.4. The summed E-state index contributed by atoms with van der Waals surface area (Å²) in [5, 5.41) is 0. The third kappa shape index (κ3) is 11.4. The van der Waals surface area contributed by atoms with Crippen molar-refractivity contribution in [2.24, 2.45) is 0 Å². The normalized spacial score (nSPS) is 13.5. The standard InChI is InChI=1S/C34H54O6/c1-21(2)35-17-31(39-23(5)6)19-37-33-25(9)13-29(14-26(33)10)30-15-27(11)34(28(12)16-30)38-20-32(40-24(7)8)18-36-22(3)4/h13-16,21-24,31-32H,17-20H2,1-12H3. The summed E-state index contributed by atoms with van der Waals surface area (Å²) in [4.78, 5) is 0. The maximum absolute atomic E-state index is 6.29. The molecule has 226 valence electrons. The second-order valence-electron chi connectivity index (χ2n) is 11.9. The second-order valence-corrected chi connectivity index (χ2v) is 11.9. The summed E-state index contributed by atoms with van der Waals surface area (Å²) in [7, 11) is 0. The van der Waals surface area contributed by atoms with E-state index in [9.17, 15) is 0 Å². The highest BCUT2D eigenvalue weighted by Gasteiger charge is 2.18. The topological polar surface area (TPSA) is 55.4 Å². The van der Waals surface area contributed by atoms with Crippen LogP contribution in [0.25, 0.3) is 11.1 Å². The average Bonchev–Trinajstić information content (AvgIpc) is 2.83. The van der Waals surface area contributed by atoms with E-state index in [2.05, 4.69) is 52.0 Å². The van der Waals surface area contributed by atoms with Crippen molar-refractivity contribution in [2.45, 2.75) is 120 Å². The summed E-state index contributed by atoms with van der Waals surface area (Å²) in [6.45, 7) is 26.6. The Morgan fingerprint density at radius 2 is 0.750 bits per heavy atom. The van der Waals surface area contributed by atoms with E-state index in [1.807, 2.05) is 55.4 Å². The Bertz CT molecular complexity index is 913. The number of benzene rings is 2. The van der Waals surface area contributed by atoms with Crippen molar-refractivity contribution in [3.63, 3.8) is 0 Å². The Labute approximate surface area is 243 Å². The van der Waals surface area contributed by atoms with Crippen LogP contribution in [0.4, 0.5) is 0 Å². The van der Waals surface area contributed by atoms with E-state index in [1.165, 1.54) is 0 Å². The predicted octanol–water partition coefficient (Wildman–Crippen LogP) is 7.78. The Morgan fingerprint density at radius 1 is 0.450 bits per heavy atom. The first kappa shape index (κ1) is 34.1. The molecular weight excluding hydrogens is 504 g/mol. The summed E-state index contributed by atoms with van der Waals surface area (Å²) in [5.74, 6) is 1.80. The van der Waals surface area contributed by atoms with Crippen molar-refractivity contribution in [1.82, 2.24) is 0 Å². The number of hydrogen-bond donors (Lipinski definition) is 0. The molecule has 6 nitrogen and oxygen atoms in total. The van der Waals surface area contributed by atoms with Crippen LogP contribution in [-0.4, -0.2) is 63.1 Å². The predicted molar refractivity (Wildman–Crippen MR) is 164 cm³/mol. The van der Waals surface area contributed by atoms with Gasteiger partial charge in [-0.1, -0.05) is 0 Å². The SMILES string of the molecule is Cc1cc(-c2cc(C)c(OCC(COC(C)C)OC(C)C)c(C)c2)cc(C)c1OCC(COC(C)C)OC(C)C. The van der Waals surface area contributed by atoms with E-state index in [0.29, 0.717) is 26.4 Å². The molecule has 0 saturated carbocycles. The van der Waals surface area contributed by atoms with E-state index < -0.39 is 0 Å². The fraction of sp³-hybridized carbons (Fsp3) is 0.647. The summed E-state index contributed by atoms with van der Waals surface area (Å²) in [5.41, 5.74) is 6.69.